The van der Waals surface area contributed by atoms with Crippen molar-refractivity contribution in [3.05, 3.63) is 37.1 Å². The van der Waals surface area contributed by atoms with Gasteiger partial charge in [-0.15, -0.1) is 0 Å². The fourth-order valence-electron chi connectivity index (χ4n) is 9.97. The first-order valence-corrected chi connectivity index (χ1v) is 21.8. The Labute approximate surface area is 356 Å². The Bertz CT molecular complexity index is 1730. The number of rotatable bonds is 13. The summed E-state index contributed by atoms with van der Waals surface area (Å²) in [6.45, 7) is 18.8. The quantitative estimate of drug-likeness (QED) is 0.146. The number of esters is 1. The molecule has 0 bridgehead atoms. The van der Waals surface area contributed by atoms with Crippen LogP contribution in [0.25, 0.3) is 11.3 Å². The molecular formula is C44H71N7O9. The number of imidazole rings is 1. The average molecular weight is 842 g/mol. The van der Waals surface area contributed by atoms with Gasteiger partial charge in [-0.05, 0) is 98.0 Å². The van der Waals surface area contributed by atoms with Crippen molar-refractivity contribution in [1.82, 2.24) is 35.2 Å². The second-order valence-corrected chi connectivity index (χ2v) is 17.9. The van der Waals surface area contributed by atoms with Crippen molar-refractivity contribution >= 4 is 17.8 Å². The number of pyridine rings is 1. The lowest BCUT2D eigenvalue weighted by Crippen LogP contribution is -2.63. The van der Waals surface area contributed by atoms with Gasteiger partial charge >= 0.3 is 12.1 Å². The van der Waals surface area contributed by atoms with Crippen molar-refractivity contribution < 1.29 is 43.2 Å². The molecule has 0 spiro atoms. The average Bonchev–Trinajstić information content (AvgIpc) is 3.80. The number of hydrogen-bond donors (Lipinski definition) is 3. The lowest BCUT2D eigenvalue weighted by atomic mass is 9.71. The van der Waals surface area contributed by atoms with Crippen molar-refractivity contribution in [2.24, 2.45) is 23.7 Å². The number of aliphatic hydroxyl groups is 1. The predicted molar refractivity (Wildman–Crippen MR) is 225 cm³/mol. The minimum absolute atomic E-state index is 0.121. The van der Waals surface area contributed by atoms with Gasteiger partial charge in [0.1, 0.15) is 18.1 Å². The molecule has 5 heterocycles. The van der Waals surface area contributed by atoms with Crippen molar-refractivity contribution in [1.29, 1.82) is 0 Å². The van der Waals surface area contributed by atoms with E-state index in [0.717, 1.165) is 11.3 Å². The molecule has 1 unspecified atom stereocenters. The summed E-state index contributed by atoms with van der Waals surface area (Å²) in [5.74, 6) is -3.56. The van der Waals surface area contributed by atoms with Gasteiger partial charge in [-0.2, -0.15) is 0 Å². The first-order valence-electron chi connectivity index (χ1n) is 21.8. The number of carbonyl (C=O) groups excluding carboxylic acids is 3. The number of ether oxygens (including phenoxy) is 5. The van der Waals surface area contributed by atoms with E-state index in [1.807, 2.05) is 76.5 Å². The van der Waals surface area contributed by atoms with E-state index in [4.69, 9.17) is 23.7 Å². The number of fused-ring (bicyclic) bond motifs is 1. The molecule has 3 fully saturated rings. The standard InChI is InChI=1S/C44H71N7O9/c1-13-34-44(9)38(51(42(55)60-44)48-19-16-20-50-24-32(47-25-50)31-17-15-18-45-23-31)28(5)35(46-14-2)26(3)22-43(8,56-12)39(29(6)36(52)30(7)40(54)58-34)59-41-37(53)33(49(10)11)21-27(4)57-41/h15,17-18,23-30,33-35,37-39,41,46,48,53H,13-14,16,19-22H2,1-12H3/t26-,27-,28+,29+,30-,33+,34-,35?,37-,38-,39-,41+,43+,44-/m1/s1. The monoisotopic (exact) mass is 842 g/mol. The largest absolute Gasteiger partial charge is 0.458 e. The first kappa shape index (κ1) is 47.5. The molecule has 14 atom stereocenters. The molecule has 0 radical (unpaired) electrons. The number of hydrogen-bond acceptors (Lipinski definition) is 14. The highest BCUT2D eigenvalue weighted by atomic mass is 16.7. The summed E-state index contributed by atoms with van der Waals surface area (Å²) >= 11 is 0. The normalized spacial score (nSPS) is 37.1. The number of likely N-dealkylation sites (N-methyl/N-ethyl adjacent to an activating group) is 1. The number of aliphatic hydroxyl groups excluding tert-OH is 1. The van der Waals surface area contributed by atoms with E-state index < -0.39 is 71.5 Å². The molecule has 2 aromatic heterocycles. The van der Waals surface area contributed by atoms with Crippen LogP contribution >= 0.6 is 0 Å². The highest BCUT2D eigenvalue weighted by Crippen LogP contribution is 2.43. The topological polar surface area (TPSA) is 179 Å². The summed E-state index contributed by atoms with van der Waals surface area (Å²) in [5, 5.41) is 16.8. The Morgan fingerprint density at radius 2 is 1.83 bits per heavy atom. The third kappa shape index (κ3) is 10.1. The van der Waals surface area contributed by atoms with Gasteiger partial charge < -0.3 is 43.6 Å². The molecule has 2 aromatic rings. The van der Waals surface area contributed by atoms with Gasteiger partial charge in [0.2, 0.25) is 0 Å². The molecule has 0 saturated carbocycles. The second kappa shape index (κ2) is 20.1. The highest BCUT2D eigenvalue weighted by Gasteiger charge is 2.60. The molecule has 3 saturated heterocycles. The van der Waals surface area contributed by atoms with Crippen LogP contribution in [0.2, 0.25) is 0 Å². The molecule has 3 N–H and O–H groups in total. The molecule has 0 aliphatic carbocycles. The van der Waals surface area contributed by atoms with Crippen LogP contribution in [0.3, 0.4) is 0 Å². The fraction of sp³-hybridized carbons (Fsp3) is 0.750. The summed E-state index contributed by atoms with van der Waals surface area (Å²) < 4.78 is 33.9. The highest BCUT2D eigenvalue weighted by molar-refractivity contribution is 6.00. The zero-order valence-electron chi connectivity index (χ0n) is 37.8. The van der Waals surface area contributed by atoms with Gasteiger partial charge in [0.15, 0.2) is 17.7 Å². The van der Waals surface area contributed by atoms with Gasteiger partial charge in [0, 0.05) is 62.4 Å². The lowest BCUT2D eigenvalue weighted by molar-refractivity contribution is -0.295. The van der Waals surface area contributed by atoms with Crippen molar-refractivity contribution in [3.63, 3.8) is 0 Å². The fourth-order valence-corrected chi connectivity index (χ4v) is 9.97. The molecule has 1 amide bonds. The number of amides is 1. The van der Waals surface area contributed by atoms with Crippen LogP contribution in [-0.2, 0) is 39.8 Å². The third-order valence-electron chi connectivity index (χ3n) is 13.3. The van der Waals surface area contributed by atoms with Crippen LogP contribution in [0.5, 0.6) is 0 Å². The lowest BCUT2D eigenvalue weighted by Gasteiger charge is -2.48. The van der Waals surface area contributed by atoms with Crippen LogP contribution in [-0.4, -0.2) is 142 Å². The van der Waals surface area contributed by atoms with E-state index in [0.29, 0.717) is 45.3 Å². The Balaban J connectivity index is 1.47. The van der Waals surface area contributed by atoms with E-state index >= 15 is 0 Å². The maximum Gasteiger partial charge on any atom is 0.425 e. The van der Waals surface area contributed by atoms with Gasteiger partial charge in [-0.3, -0.25) is 14.6 Å². The molecule has 3 aliphatic rings. The third-order valence-corrected chi connectivity index (χ3v) is 13.3. The number of cyclic esters (lactones) is 1. The Hall–Kier alpha value is -3.51. The number of aryl methyl sites for hydroxylation is 1. The number of carbonyl (C=O) groups is 3. The number of aromatic nitrogens is 3. The number of methoxy groups -OCH3 is 1. The molecule has 0 aromatic carbocycles. The molecule has 5 rings (SSSR count). The van der Waals surface area contributed by atoms with E-state index in [9.17, 15) is 19.5 Å². The van der Waals surface area contributed by atoms with Crippen molar-refractivity contribution in [2.45, 2.75) is 155 Å². The predicted octanol–water partition coefficient (Wildman–Crippen LogP) is 4.45. The minimum atomic E-state index is -1.28. The van der Waals surface area contributed by atoms with Crippen LogP contribution in [0.4, 0.5) is 4.79 Å². The first-order chi connectivity index (χ1) is 28.4. The molecular weight excluding hydrogens is 771 g/mol. The van der Waals surface area contributed by atoms with Gasteiger partial charge in [0.05, 0.1) is 35.9 Å². The van der Waals surface area contributed by atoms with E-state index in [1.54, 1.807) is 37.8 Å². The van der Waals surface area contributed by atoms with Crippen LogP contribution < -0.4 is 10.7 Å². The number of nitrogens with one attached hydrogen (secondary N) is 2. The summed E-state index contributed by atoms with van der Waals surface area (Å²) in [5.41, 5.74) is 2.76. The van der Waals surface area contributed by atoms with E-state index in [2.05, 4.69) is 34.6 Å². The van der Waals surface area contributed by atoms with E-state index in [1.165, 1.54) is 6.92 Å². The second-order valence-electron chi connectivity index (χ2n) is 17.9. The maximum absolute atomic E-state index is 14.5. The summed E-state index contributed by atoms with van der Waals surface area (Å²) in [6, 6.07) is 2.77. The van der Waals surface area contributed by atoms with Crippen LogP contribution in [0, 0.1) is 23.7 Å². The van der Waals surface area contributed by atoms with Crippen LogP contribution in [0.15, 0.2) is 37.1 Å². The van der Waals surface area contributed by atoms with E-state index in [-0.39, 0.29) is 30.0 Å². The minimum Gasteiger partial charge on any atom is -0.458 e. The molecule has 16 nitrogen and oxygen atoms in total. The van der Waals surface area contributed by atoms with Crippen LogP contribution in [0.1, 0.15) is 88.0 Å². The Morgan fingerprint density at radius 1 is 1.10 bits per heavy atom. The Morgan fingerprint density at radius 3 is 2.47 bits per heavy atom. The number of hydrazine groups is 1. The molecule has 60 heavy (non-hydrogen) atoms. The summed E-state index contributed by atoms with van der Waals surface area (Å²) in [4.78, 5) is 53.3. The molecule has 16 heteroatoms. The number of Topliss-reactive ketones (excluding diaryl/α,β-unsaturated/α-hetero) is 1. The zero-order valence-corrected chi connectivity index (χ0v) is 37.8. The van der Waals surface area contributed by atoms with Gasteiger partial charge in [-0.1, -0.05) is 34.6 Å². The van der Waals surface area contributed by atoms with Crippen molar-refractivity contribution in [3.8, 4) is 11.3 Å². The SMILES string of the molecule is CCNC1[C@H](C)C[C@](C)(OC)[C@H](O[C@@H]2O[C@H](C)C[C@H](N(C)C)[C@H]2O)[C@@H](C)C(=O)[C@@H](C)C(=O)O[C@H](CC)[C@@]2(C)OC(=O)N(NCCCn3cnc(-c4cccnc4)c3)[C@@H]2[C@H]1C. The van der Waals surface area contributed by atoms with Crippen molar-refractivity contribution in [2.75, 3.05) is 34.3 Å². The Kier molecular flexibility index (Phi) is 15.9. The molecule has 336 valence electrons. The number of ketones is 1. The zero-order chi connectivity index (χ0) is 44.1. The maximum atomic E-state index is 14.5. The molecule has 3 aliphatic heterocycles. The van der Waals surface area contributed by atoms with Gasteiger partial charge in [0.25, 0.3) is 0 Å². The number of nitrogens with zero attached hydrogens (tertiary/aromatic N) is 5. The summed E-state index contributed by atoms with van der Waals surface area (Å²) in [6.07, 6.45) is 4.63. The smallest absolute Gasteiger partial charge is 0.425 e. The summed E-state index contributed by atoms with van der Waals surface area (Å²) in [7, 11) is 5.41. The van der Waals surface area contributed by atoms with Gasteiger partial charge in [-0.25, -0.2) is 20.2 Å².